The Labute approximate surface area is 99.7 Å². The molecule has 1 aromatic rings. The molecule has 0 N–H and O–H groups in total. The van der Waals surface area contributed by atoms with Gasteiger partial charge < -0.3 is 4.90 Å². The molecule has 3 nitrogen and oxygen atoms in total. The Bertz CT molecular complexity index is 533. The third-order valence-electron chi connectivity index (χ3n) is 3.68. The number of allylic oxidation sites excluding steroid dienone is 1. The van der Waals surface area contributed by atoms with Gasteiger partial charge in [-0.15, -0.1) is 0 Å². The molecule has 2 heterocycles. The monoisotopic (exact) mass is 227 g/mol. The minimum absolute atomic E-state index is 0.00690. The van der Waals surface area contributed by atoms with Gasteiger partial charge in [0.25, 0.3) is 5.91 Å². The number of rotatable bonds is 0. The fourth-order valence-corrected chi connectivity index (χ4v) is 2.72. The van der Waals surface area contributed by atoms with Crippen LogP contribution in [0.25, 0.3) is 0 Å². The Hall–Kier alpha value is -1.90. The molecule has 2 atom stereocenters. The van der Waals surface area contributed by atoms with Crippen LogP contribution in [0, 0.1) is 0 Å². The number of hydrogen-bond acceptors (Lipinski definition) is 2. The minimum Gasteiger partial charge on any atom is -0.311 e. The molecule has 0 saturated carbocycles. The van der Waals surface area contributed by atoms with E-state index in [-0.39, 0.29) is 23.7 Å². The molecule has 2 aliphatic rings. The number of hydrogen-bond donors (Lipinski definition) is 0. The minimum atomic E-state index is -0.0186. The maximum absolute atomic E-state index is 12.3. The highest BCUT2D eigenvalue weighted by atomic mass is 16.2. The van der Waals surface area contributed by atoms with Crippen LogP contribution in [0.5, 0.6) is 0 Å². The average Bonchev–Trinajstić information content (AvgIpc) is 2.36. The van der Waals surface area contributed by atoms with E-state index in [0.29, 0.717) is 6.42 Å². The zero-order valence-corrected chi connectivity index (χ0v) is 9.59. The molecule has 2 aliphatic heterocycles. The second kappa shape index (κ2) is 3.55. The topological polar surface area (TPSA) is 37.4 Å². The number of carbonyl (C=O) groups is 2. The summed E-state index contributed by atoms with van der Waals surface area (Å²) in [6.07, 6.45) is 3.55. The Kier molecular flexibility index (Phi) is 2.15. The van der Waals surface area contributed by atoms with Gasteiger partial charge in [-0.2, -0.15) is 0 Å². The van der Waals surface area contributed by atoms with Crippen molar-refractivity contribution < 1.29 is 9.59 Å². The van der Waals surface area contributed by atoms with Crippen LogP contribution in [0.2, 0.25) is 0 Å². The van der Waals surface area contributed by atoms with E-state index in [1.807, 2.05) is 24.3 Å². The first-order valence-corrected chi connectivity index (χ1v) is 5.81. The molecule has 0 spiro atoms. The van der Waals surface area contributed by atoms with E-state index in [4.69, 9.17) is 0 Å². The van der Waals surface area contributed by atoms with Crippen molar-refractivity contribution in [1.82, 2.24) is 4.90 Å². The molecule has 0 aromatic heterocycles. The van der Waals surface area contributed by atoms with Crippen molar-refractivity contribution in [2.24, 2.45) is 0 Å². The van der Waals surface area contributed by atoms with E-state index in [1.54, 1.807) is 11.1 Å². The molecule has 1 aromatic carbocycles. The third kappa shape index (κ3) is 1.42. The fraction of sp³-hybridized carbons (Fsp3) is 0.286. The number of amides is 1. The van der Waals surface area contributed by atoms with Crippen LogP contribution in [0.4, 0.5) is 0 Å². The largest absolute Gasteiger partial charge is 0.311 e. The van der Waals surface area contributed by atoms with Gasteiger partial charge in [0.05, 0.1) is 6.04 Å². The molecule has 86 valence electrons. The Morgan fingerprint density at radius 3 is 2.82 bits per heavy atom. The maximum Gasteiger partial charge on any atom is 0.258 e. The van der Waals surface area contributed by atoms with Gasteiger partial charge in [-0.25, -0.2) is 0 Å². The number of ketones is 1. The maximum atomic E-state index is 12.3. The molecular formula is C14H13NO2. The van der Waals surface area contributed by atoms with E-state index in [1.165, 1.54) is 6.08 Å². The number of nitrogens with zero attached hydrogens (tertiary/aromatic N) is 1. The summed E-state index contributed by atoms with van der Waals surface area (Å²) >= 11 is 0. The molecule has 0 fully saturated rings. The predicted octanol–water partition coefficient (Wildman–Crippen LogP) is 2.10. The number of carbonyl (C=O) groups excluding carboxylic acids is 2. The van der Waals surface area contributed by atoms with E-state index >= 15 is 0 Å². The molecular weight excluding hydrogens is 214 g/mol. The fourth-order valence-electron chi connectivity index (χ4n) is 2.72. The van der Waals surface area contributed by atoms with Crippen LogP contribution >= 0.6 is 0 Å². The normalized spacial score (nSPS) is 26.8. The lowest BCUT2D eigenvalue weighted by atomic mass is 9.81. The molecule has 17 heavy (non-hydrogen) atoms. The van der Waals surface area contributed by atoms with Gasteiger partial charge in [0.2, 0.25) is 0 Å². The van der Waals surface area contributed by atoms with Crippen molar-refractivity contribution in [2.75, 3.05) is 0 Å². The third-order valence-corrected chi connectivity index (χ3v) is 3.68. The van der Waals surface area contributed by atoms with E-state index in [9.17, 15) is 9.59 Å². The van der Waals surface area contributed by atoms with Crippen molar-refractivity contribution in [2.45, 2.75) is 25.3 Å². The van der Waals surface area contributed by atoms with Crippen molar-refractivity contribution in [1.29, 1.82) is 0 Å². The zero-order chi connectivity index (χ0) is 12.0. The molecule has 3 heteroatoms. The zero-order valence-electron chi connectivity index (χ0n) is 9.59. The van der Waals surface area contributed by atoms with Crippen molar-refractivity contribution >= 4 is 11.7 Å². The van der Waals surface area contributed by atoms with Gasteiger partial charge in [0.1, 0.15) is 0 Å². The van der Waals surface area contributed by atoms with Crippen molar-refractivity contribution in [3.63, 3.8) is 0 Å². The highest BCUT2D eigenvalue weighted by molar-refractivity contribution is 6.01. The molecule has 1 amide bonds. The van der Waals surface area contributed by atoms with Gasteiger partial charge in [0, 0.05) is 24.1 Å². The highest BCUT2D eigenvalue weighted by Crippen LogP contribution is 2.36. The predicted molar refractivity (Wildman–Crippen MR) is 63.6 cm³/mol. The standard InChI is InChI=1S/C14H13NO2/c1-9-11-4-2-3-5-12(11)14(17)15-7-6-10(16)8-13(9)15/h2-7,9,13H,8H2,1H3/t9-,13-/m0/s1. The quantitative estimate of drug-likeness (QED) is 0.680. The SMILES string of the molecule is C[C@H]1c2ccccc2C(=O)N2C=CC(=O)C[C@@H]12. The summed E-state index contributed by atoms with van der Waals surface area (Å²) < 4.78 is 0. The number of benzene rings is 1. The van der Waals surface area contributed by atoms with Crippen molar-refractivity contribution in [3.8, 4) is 0 Å². The lowest BCUT2D eigenvalue weighted by Crippen LogP contribution is -2.47. The van der Waals surface area contributed by atoms with Gasteiger partial charge in [-0.05, 0) is 17.7 Å². The first-order valence-electron chi connectivity index (χ1n) is 5.81. The van der Waals surface area contributed by atoms with Gasteiger partial charge >= 0.3 is 0 Å². The van der Waals surface area contributed by atoms with Crippen LogP contribution in [0.15, 0.2) is 36.5 Å². The van der Waals surface area contributed by atoms with Crippen LogP contribution < -0.4 is 0 Å². The molecule has 0 bridgehead atoms. The van der Waals surface area contributed by atoms with Crippen LogP contribution in [0.3, 0.4) is 0 Å². The van der Waals surface area contributed by atoms with E-state index in [2.05, 4.69) is 6.92 Å². The van der Waals surface area contributed by atoms with Crippen LogP contribution in [0.1, 0.15) is 35.2 Å². The summed E-state index contributed by atoms with van der Waals surface area (Å²) in [5.41, 5.74) is 1.82. The summed E-state index contributed by atoms with van der Waals surface area (Å²) in [6.45, 7) is 2.08. The van der Waals surface area contributed by atoms with E-state index < -0.39 is 0 Å². The number of fused-ring (bicyclic) bond motifs is 2. The Morgan fingerprint density at radius 1 is 1.24 bits per heavy atom. The molecule has 3 rings (SSSR count). The van der Waals surface area contributed by atoms with Crippen LogP contribution in [-0.2, 0) is 4.79 Å². The molecule has 0 unspecified atom stereocenters. The highest BCUT2D eigenvalue weighted by Gasteiger charge is 2.38. The first-order chi connectivity index (χ1) is 8.18. The summed E-state index contributed by atoms with van der Waals surface area (Å²) in [6, 6.07) is 7.64. The molecule has 0 aliphatic carbocycles. The van der Waals surface area contributed by atoms with Gasteiger partial charge in [0.15, 0.2) is 5.78 Å². The van der Waals surface area contributed by atoms with E-state index in [0.717, 1.165) is 11.1 Å². The summed E-state index contributed by atoms with van der Waals surface area (Å²) in [4.78, 5) is 25.4. The molecule has 0 radical (unpaired) electrons. The molecule has 0 saturated heterocycles. The summed E-state index contributed by atoms with van der Waals surface area (Å²) in [5.74, 6) is 0.315. The Balaban J connectivity index is 2.14. The van der Waals surface area contributed by atoms with Gasteiger partial charge in [-0.1, -0.05) is 25.1 Å². The van der Waals surface area contributed by atoms with Crippen molar-refractivity contribution in [3.05, 3.63) is 47.7 Å². The Morgan fingerprint density at radius 2 is 2.00 bits per heavy atom. The second-order valence-electron chi connectivity index (χ2n) is 4.64. The van der Waals surface area contributed by atoms with Gasteiger partial charge in [-0.3, -0.25) is 9.59 Å². The average molecular weight is 227 g/mol. The smallest absolute Gasteiger partial charge is 0.258 e. The summed E-state index contributed by atoms with van der Waals surface area (Å²) in [7, 11) is 0. The first kappa shape index (κ1) is 10.3. The lowest BCUT2D eigenvalue weighted by Gasteiger charge is -2.40. The van der Waals surface area contributed by atoms with Crippen LogP contribution in [-0.4, -0.2) is 22.6 Å². The second-order valence-corrected chi connectivity index (χ2v) is 4.64. The lowest BCUT2D eigenvalue weighted by molar-refractivity contribution is -0.116. The summed E-state index contributed by atoms with van der Waals surface area (Å²) in [5, 5.41) is 0.